The van der Waals surface area contributed by atoms with E-state index >= 15 is 0 Å². The molecule has 5 heteroatoms. The number of aryl methyl sites for hydroxylation is 3. The fourth-order valence-electron chi connectivity index (χ4n) is 2.44. The lowest BCUT2D eigenvalue weighted by atomic mass is 10.1. The molecule has 0 N–H and O–H groups in total. The number of nitrogens with zero attached hydrogens (tertiary/aromatic N) is 2. The first-order valence-corrected chi connectivity index (χ1v) is 7.26. The number of hydrogen-bond donors (Lipinski definition) is 0. The largest absolute Gasteiger partial charge is 0.465 e. The normalized spacial score (nSPS) is 13.0. The van der Waals surface area contributed by atoms with Crippen LogP contribution in [0.15, 0.2) is 39.5 Å². The van der Waals surface area contributed by atoms with Gasteiger partial charge in [-0.05, 0) is 36.8 Å². The minimum absolute atomic E-state index is 0.0166. The number of benzene rings is 1. The predicted molar refractivity (Wildman–Crippen MR) is 82.4 cm³/mol. The monoisotopic (exact) mass is 334 g/mol. The molecule has 3 aromatic rings. The van der Waals surface area contributed by atoms with Gasteiger partial charge in [-0.1, -0.05) is 22.0 Å². The number of rotatable bonds is 2. The van der Waals surface area contributed by atoms with Crippen LogP contribution >= 0.6 is 15.9 Å². The number of imidazole rings is 1. The number of fused-ring (bicyclic) bond motifs is 1. The van der Waals surface area contributed by atoms with Gasteiger partial charge in [0.05, 0.1) is 15.9 Å². The molecule has 1 aromatic carbocycles. The van der Waals surface area contributed by atoms with Crippen LogP contribution < -0.4 is 5.69 Å². The minimum atomic E-state index is -0.0177. The van der Waals surface area contributed by atoms with Crippen molar-refractivity contribution in [2.75, 3.05) is 0 Å². The molecule has 0 aliphatic carbocycles. The van der Waals surface area contributed by atoms with Gasteiger partial charge < -0.3 is 4.42 Å². The summed E-state index contributed by atoms with van der Waals surface area (Å²) >= 11 is 3.66. The lowest BCUT2D eigenvalue weighted by molar-refractivity contribution is 0.492. The van der Waals surface area contributed by atoms with Crippen LogP contribution in [0.25, 0.3) is 11.0 Å². The molecule has 1 atom stereocenters. The van der Waals surface area contributed by atoms with Gasteiger partial charge in [-0.15, -0.1) is 0 Å². The van der Waals surface area contributed by atoms with E-state index in [4.69, 9.17) is 4.42 Å². The topological polar surface area (TPSA) is 40.1 Å². The molecule has 0 fully saturated rings. The van der Waals surface area contributed by atoms with Gasteiger partial charge in [0.2, 0.25) is 0 Å². The first-order valence-electron chi connectivity index (χ1n) is 6.35. The molecule has 0 saturated carbocycles. The second kappa shape index (κ2) is 4.66. The van der Waals surface area contributed by atoms with Crippen LogP contribution in [0, 0.1) is 6.92 Å². The van der Waals surface area contributed by atoms with Gasteiger partial charge >= 0.3 is 5.69 Å². The van der Waals surface area contributed by atoms with E-state index < -0.39 is 0 Å². The smallest absolute Gasteiger partial charge is 0.328 e. The van der Waals surface area contributed by atoms with Gasteiger partial charge in [-0.3, -0.25) is 9.13 Å². The third-order valence-corrected chi connectivity index (χ3v) is 4.58. The Morgan fingerprint density at radius 1 is 1.10 bits per heavy atom. The second-order valence-electron chi connectivity index (χ2n) is 4.96. The number of hydrogen-bond acceptors (Lipinski definition) is 2. The van der Waals surface area contributed by atoms with Gasteiger partial charge in [0.25, 0.3) is 0 Å². The van der Waals surface area contributed by atoms with Crippen molar-refractivity contribution >= 4 is 27.0 Å². The van der Waals surface area contributed by atoms with Crippen molar-refractivity contribution < 1.29 is 4.42 Å². The highest BCUT2D eigenvalue weighted by Crippen LogP contribution is 2.33. The van der Waals surface area contributed by atoms with E-state index in [2.05, 4.69) is 15.9 Å². The Morgan fingerprint density at radius 2 is 1.80 bits per heavy atom. The van der Waals surface area contributed by atoms with Gasteiger partial charge in [0.1, 0.15) is 11.5 Å². The standard InChI is InChI=1S/C15H15BrN2O2/c1-9-4-7-13(20-9)14(16)10-5-6-11-12(8-10)18(3)15(19)17(11)2/h4-8,14H,1-3H3. The lowest BCUT2D eigenvalue weighted by Gasteiger charge is -2.08. The Balaban J connectivity index is 2.14. The number of halogens is 1. The van der Waals surface area contributed by atoms with Crippen molar-refractivity contribution in [1.29, 1.82) is 0 Å². The third-order valence-electron chi connectivity index (χ3n) is 3.60. The highest BCUT2D eigenvalue weighted by molar-refractivity contribution is 9.09. The van der Waals surface area contributed by atoms with Crippen LogP contribution in [0.4, 0.5) is 0 Å². The van der Waals surface area contributed by atoms with E-state index in [1.807, 2.05) is 37.3 Å². The molecule has 2 heterocycles. The molecular formula is C15H15BrN2O2. The highest BCUT2D eigenvalue weighted by atomic mass is 79.9. The summed E-state index contributed by atoms with van der Waals surface area (Å²) in [7, 11) is 3.57. The van der Waals surface area contributed by atoms with Gasteiger partial charge in [0, 0.05) is 14.1 Å². The summed E-state index contributed by atoms with van der Waals surface area (Å²) < 4.78 is 8.96. The van der Waals surface area contributed by atoms with E-state index in [0.29, 0.717) is 0 Å². The zero-order chi connectivity index (χ0) is 14.4. The molecule has 20 heavy (non-hydrogen) atoms. The summed E-state index contributed by atoms with van der Waals surface area (Å²) in [6, 6.07) is 9.91. The third kappa shape index (κ3) is 1.93. The van der Waals surface area contributed by atoms with E-state index in [1.54, 1.807) is 23.2 Å². The first-order chi connectivity index (χ1) is 9.49. The maximum Gasteiger partial charge on any atom is 0.328 e. The van der Waals surface area contributed by atoms with Crippen LogP contribution in [-0.2, 0) is 14.1 Å². The minimum Gasteiger partial charge on any atom is -0.465 e. The highest BCUT2D eigenvalue weighted by Gasteiger charge is 2.16. The molecule has 0 spiro atoms. The van der Waals surface area contributed by atoms with Crippen LogP contribution in [0.1, 0.15) is 21.9 Å². The Morgan fingerprint density at radius 3 is 2.45 bits per heavy atom. The molecule has 0 aliphatic rings. The Kier molecular flexibility index (Phi) is 3.09. The summed E-state index contributed by atoms with van der Waals surface area (Å²) in [4.78, 5) is 11.9. The summed E-state index contributed by atoms with van der Waals surface area (Å²) in [5.41, 5.74) is 2.89. The Bertz CT molecular complexity index is 841. The number of aromatic nitrogens is 2. The maximum atomic E-state index is 11.9. The zero-order valence-corrected chi connectivity index (χ0v) is 13.1. The molecule has 0 amide bonds. The SMILES string of the molecule is Cc1ccc(C(Br)c2ccc3c(c2)n(C)c(=O)n3C)o1. The van der Waals surface area contributed by atoms with E-state index in [-0.39, 0.29) is 10.5 Å². The average molecular weight is 335 g/mol. The molecule has 0 bridgehead atoms. The summed E-state index contributed by atoms with van der Waals surface area (Å²) in [6.07, 6.45) is 0. The van der Waals surface area contributed by atoms with Crippen LogP contribution in [0.3, 0.4) is 0 Å². The summed E-state index contributed by atoms with van der Waals surface area (Å²) in [5.74, 6) is 1.75. The van der Waals surface area contributed by atoms with Gasteiger partial charge in [0.15, 0.2) is 0 Å². The second-order valence-corrected chi connectivity index (χ2v) is 5.88. The van der Waals surface area contributed by atoms with Gasteiger partial charge in [-0.2, -0.15) is 0 Å². The number of furan rings is 1. The van der Waals surface area contributed by atoms with E-state index in [1.165, 1.54) is 0 Å². The fourth-order valence-corrected chi connectivity index (χ4v) is 2.97. The van der Waals surface area contributed by atoms with Crippen LogP contribution in [-0.4, -0.2) is 9.13 Å². The molecule has 0 aliphatic heterocycles. The Hall–Kier alpha value is -1.75. The van der Waals surface area contributed by atoms with E-state index in [9.17, 15) is 4.79 Å². The molecular weight excluding hydrogens is 320 g/mol. The van der Waals surface area contributed by atoms with Crippen LogP contribution in [0.2, 0.25) is 0 Å². The summed E-state index contributed by atoms with van der Waals surface area (Å²) in [5, 5.41) is 0. The van der Waals surface area contributed by atoms with E-state index in [0.717, 1.165) is 28.1 Å². The molecule has 3 rings (SSSR count). The van der Waals surface area contributed by atoms with Crippen molar-refractivity contribution in [3.05, 3.63) is 57.9 Å². The fraction of sp³-hybridized carbons (Fsp3) is 0.267. The Labute approximate surface area is 124 Å². The van der Waals surface area contributed by atoms with Gasteiger partial charge in [-0.25, -0.2) is 4.79 Å². The average Bonchev–Trinajstić information content (AvgIpc) is 2.97. The lowest BCUT2D eigenvalue weighted by Crippen LogP contribution is -2.19. The maximum absolute atomic E-state index is 11.9. The summed E-state index contributed by atoms with van der Waals surface area (Å²) in [6.45, 7) is 1.92. The predicted octanol–water partition coefficient (Wildman–Crippen LogP) is 3.26. The molecule has 1 unspecified atom stereocenters. The van der Waals surface area contributed by atoms with Crippen molar-refractivity contribution in [1.82, 2.24) is 9.13 Å². The van der Waals surface area contributed by atoms with Crippen molar-refractivity contribution in [2.24, 2.45) is 14.1 Å². The molecule has 0 saturated heterocycles. The van der Waals surface area contributed by atoms with Crippen molar-refractivity contribution in [3.8, 4) is 0 Å². The molecule has 4 nitrogen and oxygen atoms in total. The number of alkyl halides is 1. The molecule has 0 radical (unpaired) electrons. The molecule has 2 aromatic heterocycles. The van der Waals surface area contributed by atoms with Crippen molar-refractivity contribution in [2.45, 2.75) is 11.8 Å². The quantitative estimate of drug-likeness (QED) is 0.675. The zero-order valence-electron chi connectivity index (χ0n) is 11.6. The first kappa shape index (κ1) is 13.2. The van der Waals surface area contributed by atoms with Crippen LogP contribution in [0.5, 0.6) is 0 Å². The van der Waals surface area contributed by atoms with Crippen molar-refractivity contribution in [3.63, 3.8) is 0 Å². The molecule has 104 valence electrons.